The Morgan fingerprint density at radius 3 is 2.44 bits per heavy atom. The van der Waals surface area contributed by atoms with E-state index in [1.54, 1.807) is 0 Å². The largest absolute Gasteiger partial charge is 0.481 e. The van der Waals surface area contributed by atoms with Crippen molar-refractivity contribution in [1.29, 1.82) is 0 Å². The second kappa shape index (κ2) is 7.75. The Bertz CT molecular complexity index is 359. The quantitative estimate of drug-likeness (QED) is 0.738. The summed E-state index contributed by atoms with van der Waals surface area (Å²) in [6, 6.07) is 8.31. The van der Waals surface area contributed by atoms with Crippen LogP contribution in [0.1, 0.15) is 45.1 Å². The van der Waals surface area contributed by atoms with Gasteiger partial charge in [-0.05, 0) is 37.0 Å². The molecule has 100 valence electrons. The fourth-order valence-electron chi connectivity index (χ4n) is 1.89. The zero-order valence-corrected chi connectivity index (χ0v) is 11.3. The molecule has 3 heteroatoms. The van der Waals surface area contributed by atoms with Gasteiger partial charge < -0.3 is 10.4 Å². The van der Waals surface area contributed by atoms with E-state index in [1.165, 1.54) is 18.4 Å². The first-order valence-electron chi connectivity index (χ1n) is 6.73. The molecule has 1 atom stereocenters. The monoisotopic (exact) mass is 249 g/mol. The summed E-state index contributed by atoms with van der Waals surface area (Å²) in [5, 5.41) is 12.1. The SMILES string of the molecule is CCCCc1ccc(NC(CC)CC(=O)O)cc1. The molecule has 1 aromatic rings. The van der Waals surface area contributed by atoms with Crippen LogP contribution in [0, 0.1) is 0 Å². The van der Waals surface area contributed by atoms with E-state index in [4.69, 9.17) is 5.11 Å². The van der Waals surface area contributed by atoms with Gasteiger partial charge in [0.1, 0.15) is 0 Å². The van der Waals surface area contributed by atoms with Gasteiger partial charge in [0.05, 0.1) is 6.42 Å². The van der Waals surface area contributed by atoms with Crippen LogP contribution in [0.5, 0.6) is 0 Å². The van der Waals surface area contributed by atoms with E-state index in [-0.39, 0.29) is 12.5 Å². The molecular weight excluding hydrogens is 226 g/mol. The fraction of sp³-hybridized carbons (Fsp3) is 0.533. The van der Waals surface area contributed by atoms with Crippen molar-refractivity contribution in [3.05, 3.63) is 29.8 Å². The lowest BCUT2D eigenvalue weighted by atomic mass is 10.1. The van der Waals surface area contributed by atoms with Gasteiger partial charge in [-0.15, -0.1) is 0 Å². The van der Waals surface area contributed by atoms with Crippen LogP contribution in [0.2, 0.25) is 0 Å². The molecule has 0 radical (unpaired) electrons. The lowest BCUT2D eigenvalue weighted by molar-refractivity contribution is -0.137. The highest BCUT2D eigenvalue weighted by Crippen LogP contribution is 2.14. The van der Waals surface area contributed by atoms with Crippen LogP contribution in [0.15, 0.2) is 24.3 Å². The number of anilines is 1. The minimum atomic E-state index is -0.756. The molecule has 1 unspecified atom stereocenters. The van der Waals surface area contributed by atoms with Crippen molar-refractivity contribution in [2.75, 3.05) is 5.32 Å². The third-order valence-electron chi connectivity index (χ3n) is 3.06. The molecule has 0 amide bonds. The van der Waals surface area contributed by atoms with E-state index in [0.717, 1.165) is 18.5 Å². The van der Waals surface area contributed by atoms with Crippen molar-refractivity contribution in [3.63, 3.8) is 0 Å². The number of hydrogen-bond donors (Lipinski definition) is 2. The van der Waals surface area contributed by atoms with Gasteiger partial charge >= 0.3 is 5.97 Å². The lowest BCUT2D eigenvalue weighted by Crippen LogP contribution is -2.22. The summed E-state index contributed by atoms with van der Waals surface area (Å²) >= 11 is 0. The first-order chi connectivity index (χ1) is 8.65. The van der Waals surface area contributed by atoms with Crippen LogP contribution < -0.4 is 5.32 Å². The van der Waals surface area contributed by atoms with Crippen LogP contribution in [-0.2, 0) is 11.2 Å². The van der Waals surface area contributed by atoms with Gasteiger partial charge in [0.15, 0.2) is 0 Å². The average Bonchev–Trinajstić information content (AvgIpc) is 2.36. The Hall–Kier alpha value is -1.51. The van der Waals surface area contributed by atoms with Crippen molar-refractivity contribution >= 4 is 11.7 Å². The van der Waals surface area contributed by atoms with Crippen molar-refractivity contribution in [1.82, 2.24) is 0 Å². The predicted octanol–water partition coefficient (Wildman–Crippen LogP) is 3.69. The zero-order chi connectivity index (χ0) is 13.4. The Kier molecular flexibility index (Phi) is 6.26. The molecule has 0 aliphatic heterocycles. The summed E-state index contributed by atoms with van der Waals surface area (Å²) in [6.45, 7) is 4.18. The minimum Gasteiger partial charge on any atom is -0.481 e. The van der Waals surface area contributed by atoms with Crippen LogP contribution in [0.25, 0.3) is 0 Å². The first kappa shape index (κ1) is 14.6. The molecule has 0 spiro atoms. The molecule has 0 heterocycles. The number of carbonyl (C=O) groups is 1. The van der Waals surface area contributed by atoms with Crippen molar-refractivity contribution in [3.8, 4) is 0 Å². The summed E-state index contributed by atoms with van der Waals surface area (Å²) in [5.41, 5.74) is 2.34. The smallest absolute Gasteiger partial charge is 0.305 e. The molecule has 0 bridgehead atoms. The van der Waals surface area contributed by atoms with E-state index in [1.807, 2.05) is 19.1 Å². The lowest BCUT2D eigenvalue weighted by Gasteiger charge is -2.16. The summed E-state index contributed by atoms with van der Waals surface area (Å²) in [7, 11) is 0. The predicted molar refractivity (Wildman–Crippen MR) is 75.0 cm³/mol. The molecule has 0 saturated heterocycles. The fourth-order valence-corrected chi connectivity index (χ4v) is 1.89. The molecule has 2 N–H and O–H groups in total. The topological polar surface area (TPSA) is 49.3 Å². The average molecular weight is 249 g/mol. The van der Waals surface area contributed by atoms with Gasteiger partial charge in [0.2, 0.25) is 0 Å². The molecule has 18 heavy (non-hydrogen) atoms. The summed E-state index contributed by atoms with van der Waals surface area (Å²) in [4.78, 5) is 10.7. The number of nitrogens with one attached hydrogen (secondary N) is 1. The summed E-state index contributed by atoms with van der Waals surface area (Å²) in [5.74, 6) is -0.756. The normalized spacial score (nSPS) is 12.1. The first-order valence-corrected chi connectivity index (χ1v) is 6.73. The van der Waals surface area contributed by atoms with Gasteiger partial charge in [-0.2, -0.15) is 0 Å². The third kappa shape index (κ3) is 5.21. The molecule has 0 aromatic heterocycles. The van der Waals surface area contributed by atoms with Crippen molar-refractivity contribution < 1.29 is 9.90 Å². The second-order valence-electron chi connectivity index (χ2n) is 4.65. The number of aryl methyl sites for hydroxylation is 1. The van der Waals surface area contributed by atoms with E-state index in [9.17, 15) is 4.79 Å². The molecule has 0 aliphatic carbocycles. The third-order valence-corrected chi connectivity index (χ3v) is 3.06. The Morgan fingerprint density at radius 2 is 1.94 bits per heavy atom. The molecule has 0 saturated carbocycles. The second-order valence-corrected chi connectivity index (χ2v) is 4.65. The van der Waals surface area contributed by atoms with E-state index in [0.29, 0.717) is 0 Å². The Morgan fingerprint density at radius 1 is 1.28 bits per heavy atom. The number of hydrogen-bond acceptors (Lipinski definition) is 2. The number of benzene rings is 1. The van der Waals surface area contributed by atoms with Crippen LogP contribution in [0.3, 0.4) is 0 Å². The van der Waals surface area contributed by atoms with Crippen LogP contribution in [-0.4, -0.2) is 17.1 Å². The molecule has 0 aliphatic rings. The number of aliphatic carboxylic acids is 1. The number of unbranched alkanes of at least 4 members (excludes halogenated alkanes) is 1. The van der Waals surface area contributed by atoms with Crippen molar-refractivity contribution in [2.45, 2.75) is 52.0 Å². The molecule has 1 rings (SSSR count). The summed E-state index contributed by atoms with van der Waals surface area (Å²) < 4.78 is 0. The van der Waals surface area contributed by atoms with Gasteiger partial charge in [-0.1, -0.05) is 32.4 Å². The van der Waals surface area contributed by atoms with Gasteiger partial charge in [0, 0.05) is 11.7 Å². The highest BCUT2D eigenvalue weighted by molar-refractivity contribution is 5.68. The highest BCUT2D eigenvalue weighted by atomic mass is 16.4. The number of carboxylic acid groups (broad SMARTS) is 1. The molecule has 1 aromatic carbocycles. The van der Waals surface area contributed by atoms with Crippen LogP contribution in [0.4, 0.5) is 5.69 Å². The highest BCUT2D eigenvalue weighted by Gasteiger charge is 2.10. The maximum Gasteiger partial charge on any atom is 0.305 e. The van der Waals surface area contributed by atoms with E-state index < -0.39 is 5.97 Å². The maximum atomic E-state index is 10.7. The Balaban J connectivity index is 2.53. The number of carboxylic acids is 1. The minimum absolute atomic E-state index is 0.00370. The van der Waals surface area contributed by atoms with Gasteiger partial charge in [-0.3, -0.25) is 4.79 Å². The number of rotatable bonds is 8. The molecule has 0 fully saturated rings. The van der Waals surface area contributed by atoms with Crippen LogP contribution >= 0.6 is 0 Å². The van der Waals surface area contributed by atoms with Crippen molar-refractivity contribution in [2.24, 2.45) is 0 Å². The molecular formula is C15H23NO2. The maximum absolute atomic E-state index is 10.7. The van der Waals surface area contributed by atoms with E-state index in [2.05, 4.69) is 24.4 Å². The van der Waals surface area contributed by atoms with Gasteiger partial charge in [0.25, 0.3) is 0 Å². The van der Waals surface area contributed by atoms with Gasteiger partial charge in [-0.25, -0.2) is 0 Å². The Labute approximate surface area is 109 Å². The van der Waals surface area contributed by atoms with E-state index >= 15 is 0 Å². The summed E-state index contributed by atoms with van der Waals surface area (Å²) in [6.07, 6.45) is 4.50. The standard InChI is InChI=1S/C15H23NO2/c1-3-5-6-12-7-9-14(10-8-12)16-13(4-2)11-15(17)18/h7-10,13,16H,3-6,11H2,1-2H3,(H,17,18). The zero-order valence-electron chi connectivity index (χ0n) is 11.3. The molecule has 3 nitrogen and oxygen atoms in total.